The molecule has 0 radical (unpaired) electrons. The summed E-state index contributed by atoms with van der Waals surface area (Å²) in [5.41, 5.74) is 5.09. The molecular weight excluding hydrogens is 464 g/mol. The van der Waals surface area contributed by atoms with Crippen molar-refractivity contribution in [2.75, 3.05) is 13.2 Å². The molecule has 0 aliphatic heterocycles. The zero-order valence-corrected chi connectivity index (χ0v) is 21.4. The molecule has 3 aromatic carbocycles. The van der Waals surface area contributed by atoms with Crippen LogP contribution in [0.15, 0.2) is 109 Å². The SMILES string of the molecule is C=C(C)C(=O)OCC/C=C/CCOc1ccc(-c2ccc(-c3ccc(OC(=O)C(=C)C)cc3)cc2)cc1. The first-order valence-electron chi connectivity index (χ1n) is 12.1. The number of rotatable bonds is 12. The van der Waals surface area contributed by atoms with Gasteiger partial charge in [0, 0.05) is 11.1 Å². The van der Waals surface area contributed by atoms with E-state index in [-0.39, 0.29) is 5.97 Å². The van der Waals surface area contributed by atoms with Crippen molar-refractivity contribution < 1.29 is 23.8 Å². The highest BCUT2D eigenvalue weighted by Gasteiger charge is 2.06. The molecule has 0 spiro atoms. The summed E-state index contributed by atoms with van der Waals surface area (Å²) in [6, 6.07) is 23.7. The molecule has 3 aromatic rings. The third kappa shape index (κ3) is 8.65. The molecule has 0 N–H and O–H groups in total. The molecule has 37 heavy (non-hydrogen) atoms. The molecule has 0 saturated heterocycles. The summed E-state index contributed by atoms with van der Waals surface area (Å²) in [4.78, 5) is 23.0. The van der Waals surface area contributed by atoms with Crippen molar-refractivity contribution in [1.29, 1.82) is 0 Å². The first-order valence-corrected chi connectivity index (χ1v) is 12.1. The van der Waals surface area contributed by atoms with Gasteiger partial charge in [-0.15, -0.1) is 0 Å². The molecule has 0 bridgehead atoms. The van der Waals surface area contributed by atoms with E-state index < -0.39 is 5.97 Å². The highest BCUT2D eigenvalue weighted by molar-refractivity contribution is 5.89. The third-order valence-electron chi connectivity index (χ3n) is 5.41. The van der Waals surface area contributed by atoms with Crippen LogP contribution in [0.25, 0.3) is 22.3 Å². The van der Waals surface area contributed by atoms with Crippen molar-refractivity contribution in [2.45, 2.75) is 26.7 Å². The molecule has 5 nitrogen and oxygen atoms in total. The van der Waals surface area contributed by atoms with E-state index in [4.69, 9.17) is 14.2 Å². The standard InChI is InChI=1S/C32H32O5/c1-23(2)31(33)36-22-8-6-5-7-21-35-29-17-13-27(14-18-29)25-9-11-26(12-10-25)28-15-19-30(20-16-28)37-32(34)24(3)4/h5-6,9-20H,1,3,7-8,21-22H2,2,4H3/b6-5+. The molecule has 0 atom stereocenters. The average molecular weight is 497 g/mol. The Morgan fingerprint density at radius 1 is 0.622 bits per heavy atom. The van der Waals surface area contributed by atoms with Crippen LogP contribution in [0.1, 0.15) is 26.7 Å². The third-order valence-corrected chi connectivity index (χ3v) is 5.41. The Balaban J connectivity index is 1.45. The van der Waals surface area contributed by atoms with Crippen LogP contribution < -0.4 is 9.47 Å². The minimum absolute atomic E-state index is 0.352. The number of hydrogen-bond donors (Lipinski definition) is 0. The zero-order valence-electron chi connectivity index (χ0n) is 21.4. The summed E-state index contributed by atoms with van der Waals surface area (Å²) in [5, 5.41) is 0. The van der Waals surface area contributed by atoms with Crippen LogP contribution in [-0.2, 0) is 14.3 Å². The predicted molar refractivity (Wildman–Crippen MR) is 147 cm³/mol. The number of carbonyl (C=O) groups is 2. The van der Waals surface area contributed by atoms with Gasteiger partial charge in [0.25, 0.3) is 0 Å². The Hall–Kier alpha value is -4.38. The van der Waals surface area contributed by atoms with Crippen LogP contribution in [-0.4, -0.2) is 25.2 Å². The normalized spacial score (nSPS) is 10.6. The Morgan fingerprint density at radius 2 is 1.03 bits per heavy atom. The number of carbonyl (C=O) groups excluding carboxylic acids is 2. The lowest BCUT2D eigenvalue weighted by atomic mass is 10.0. The van der Waals surface area contributed by atoms with Gasteiger partial charge in [0.15, 0.2) is 0 Å². The molecule has 0 aliphatic carbocycles. The van der Waals surface area contributed by atoms with E-state index in [2.05, 4.69) is 37.4 Å². The second kappa shape index (κ2) is 13.6. The maximum Gasteiger partial charge on any atom is 0.338 e. The fraction of sp³-hybridized carbons (Fsp3) is 0.188. The molecule has 0 aromatic heterocycles. The van der Waals surface area contributed by atoms with E-state index in [1.165, 1.54) is 0 Å². The van der Waals surface area contributed by atoms with E-state index in [9.17, 15) is 9.59 Å². The Kier molecular flexibility index (Phi) is 10.0. The smallest absolute Gasteiger partial charge is 0.338 e. The summed E-state index contributed by atoms with van der Waals surface area (Å²) >= 11 is 0. The van der Waals surface area contributed by atoms with Gasteiger partial charge in [-0.2, -0.15) is 0 Å². The minimum Gasteiger partial charge on any atom is -0.493 e. The van der Waals surface area contributed by atoms with E-state index in [0.29, 0.717) is 36.5 Å². The lowest BCUT2D eigenvalue weighted by Gasteiger charge is -2.08. The predicted octanol–water partition coefficient (Wildman–Crippen LogP) is 7.34. The Morgan fingerprint density at radius 3 is 1.49 bits per heavy atom. The van der Waals surface area contributed by atoms with Gasteiger partial charge in [-0.05, 0) is 73.2 Å². The Labute approximate surface area is 218 Å². The molecule has 3 rings (SSSR count). The van der Waals surface area contributed by atoms with Crippen molar-refractivity contribution in [3.05, 3.63) is 109 Å². The summed E-state index contributed by atoms with van der Waals surface area (Å²) in [7, 11) is 0. The van der Waals surface area contributed by atoms with Crippen LogP contribution in [0.2, 0.25) is 0 Å². The van der Waals surface area contributed by atoms with Gasteiger partial charge in [-0.1, -0.05) is 73.8 Å². The quantitative estimate of drug-likeness (QED) is 0.0863. The van der Waals surface area contributed by atoms with Gasteiger partial charge in [-0.25, -0.2) is 9.59 Å². The first kappa shape index (κ1) is 27.2. The summed E-state index contributed by atoms with van der Waals surface area (Å²) in [5.74, 6) is 0.525. The van der Waals surface area contributed by atoms with Crippen molar-refractivity contribution in [2.24, 2.45) is 0 Å². The first-order chi connectivity index (χ1) is 17.8. The fourth-order valence-electron chi connectivity index (χ4n) is 3.33. The van der Waals surface area contributed by atoms with Crippen molar-refractivity contribution in [1.82, 2.24) is 0 Å². The monoisotopic (exact) mass is 496 g/mol. The van der Waals surface area contributed by atoms with E-state index in [1.54, 1.807) is 26.0 Å². The molecular formula is C32H32O5. The van der Waals surface area contributed by atoms with Gasteiger partial charge >= 0.3 is 11.9 Å². The van der Waals surface area contributed by atoms with Crippen LogP contribution in [0.3, 0.4) is 0 Å². The second-order valence-electron chi connectivity index (χ2n) is 8.61. The van der Waals surface area contributed by atoms with Gasteiger partial charge in [0.05, 0.1) is 13.2 Å². The van der Waals surface area contributed by atoms with E-state index >= 15 is 0 Å². The second-order valence-corrected chi connectivity index (χ2v) is 8.61. The topological polar surface area (TPSA) is 61.8 Å². The lowest BCUT2D eigenvalue weighted by Crippen LogP contribution is -2.07. The lowest BCUT2D eigenvalue weighted by molar-refractivity contribution is -0.138. The number of ether oxygens (including phenoxy) is 3. The number of esters is 2. The molecule has 0 aliphatic rings. The molecule has 0 fully saturated rings. The maximum atomic E-state index is 11.7. The molecule has 190 valence electrons. The molecule has 0 heterocycles. The zero-order chi connectivity index (χ0) is 26.6. The van der Waals surface area contributed by atoms with Gasteiger partial charge in [0.1, 0.15) is 11.5 Å². The average Bonchev–Trinajstić information content (AvgIpc) is 2.91. The fourth-order valence-corrected chi connectivity index (χ4v) is 3.33. The maximum absolute atomic E-state index is 11.7. The molecule has 5 heteroatoms. The summed E-state index contributed by atoms with van der Waals surface area (Å²) in [6.45, 7) is 11.3. The van der Waals surface area contributed by atoms with Crippen LogP contribution in [0.4, 0.5) is 0 Å². The van der Waals surface area contributed by atoms with Crippen LogP contribution in [0, 0.1) is 0 Å². The highest BCUT2D eigenvalue weighted by atomic mass is 16.5. The number of hydrogen-bond acceptors (Lipinski definition) is 5. The van der Waals surface area contributed by atoms with Crippen LogP contribution in [0.5, 0.6) is 11.5 Å². The van der Waals surface area contributed by atoms with Crippen LogP contribution >= 0.6 is 0 Å². The summed E-state index contributed by atoms with van der Waals surface area (Å²) in [6.07, 6.45) is 5.44. The van der Waals surface area contributed by atoms with Gasteiger partial charge < -0.3 is 14.2 Å². The summed E-state index contributed by atoms with van der Waals surface area (Å²) < 4.78 is 16.1. The van der Waals surface area contributed by atoms with Gasteiger partial charge in [-0.3, -0.25) is 0 Å². The van der Waals surface area contributed by atoms with Crippen molar-refractivity contribution >= 4 is 11.9 Å². The Bertz CT molecular complexity index is 1250. The van der Waals surface area contributed by atoms with E-state index in [1.807, 2.05) is 48.6 Å². The van der Waals surface area contributed by atoms with E-state index in [0.717, 1.165) is 34.4 Å². The molecule has 0 saturated carbocycles. The highest BCUT2D eigenvalue weighted by Crippen LogP contribution is 2.27. The molecule has 0 amide bonds. The van der Waals surface area contributed by atoms with Crippen molar-refractivity contribution in [3.8, 4) is 33.8 Å². The van der Waals surface area contributed by atoms with Crippen molar-refractivity contribution in [3.63, 3.8) is 0 Å². The molecule has 0 unspecified atom stereocenters. The largest absolute Gasteiger partial charge is 0.493 e. The van der Waals surface area contributed by atoms with Gasteiger partial charge in [0.2, 0.25) is 0 Å². The minimum atomic E-state index is -0.430. The number of benzene rings is 3.